The molecule has 1 aromatic carbocycles. The zero-order valence-corrected chi connectivity index (χ0v) is 14.5. The van der Waals surface area contributed by atoms with Gasteiger partial charge in [-0.3, -0.25) is 4.79 Å². The molecule has 0 fully saturated rings. The van der Waals surface area contributed by atoms with Crippen molar-refractivity contribution in [2.75, 3.05) is 5.01 Å². The Morgan fingerprint density at radius 2 is 1.76 bits per heavy atom. The summed E-state index contributed by atoms with van der Waals surface area (Å²) in [5.74, 6) is -0.804. The van der Waals surface area contributed by atoms with Crippen LogP contribution in [-0.2, 0) is 4.79 Å². The molecule has 0 atom stereocenters. The predicted octanol–water partition coefficient (Wildman–Crippen LogP) is 4.42. The Bertz CT molecular complexity index is 895. The standard InChI is InChI=1S/C17H14F3N3OS/c1-9-4-6-12(7-5-9)23-16(24)13(15(22-23)17(18,19)20)8-14-10(2)21-11(3)25-14/h4-8H,1-3H3. The fourth-order valence-electron chi connectivity index (χ4n) is 2.43. The molecule has 25 heavy (non-hydrogen) atoms. The van der Waals surface area contributed by atoms with Crippen LogP contribution < -0.4 is 5.01 Å². The first kappa shape index (κ1) is 17.3. The molecule has 1 amide bonds. The van der Waals surface area contributed by atoms with Crippen LogP contribution in [0, 0.1) is 20.8 Å². The first-order chi connectivity index (χ1) is 11.7. The van der Waals surface area contributed by atoms with E-state index in [9.17, 15) is 18.0 Å². The maximum atomic E-state index is 13.4. The van der Waals surface area contributed by atoms with Crippen LogP contribution in [0.15, 0.2) is 34.9 Å². The summed E-state index contributed by atoms with van der Waals surface area (Å²) in [6.07, 6.45) is -3.50. The number of hydrogen-bond acceptors (Lipinski definition) is 4. The van der Waals surface area contributed by atoms with Crippen LogP contribution in [0.5, 0.6) is 0 Å². The Hall–Kier alpha value is -2.48. The molecule has 0 aliphatic carbocycles. The lowest BCUT2D eigenvalue weighted by molar-refractivity contribution is -0.114. The van der Waals surface area contributed by atoms with Gasteiger partial charge in [0.05, 0.1) is 26.8 Å². The molecule has 2 aromatic rings. The highest BCUT2D eigenvalue weighted by atomic mass is 32.1. The number of aromatic nitrogens is 1. The summed E-state index contributed by atoms with van der Waals surface area (Å²) in [4.78, 5) is 17.3. The molecule has 0 bridgehead atoms. The Kier molecular flexibility index (Phi) is 4.24. The number of carbonyl (C=O) groups excluding carboxylic acids is 1. The van der Waals surface area contributed by atoms with Crippen LogP contribution in [-0.4, -0.2) is 22.8 Å². The van der Waals surface area contributed by atoms with E-state index >= 15 is 0 Å². The van der Waals surface area contributed by atoms with Crippen LogP contribution >= 0.6 is 11.3 Å². The van der Waals surface area contributed by atoms with E-state index in [1.165, 1.54) is 17.4 Å². The SMILES string of the molecule is Cc1ccc(N2N=C(C(F)(F)F)C(=Cc3sc(C)nc3C)C2=O)cc1. The van der Waals surface area contributed by atoms with E-state index in [1.54, 1.807) is 38.1 Å². The van der Waals surface area contributed by atoms with Gasteiger partial charge in [0.2, 0.25) is 0 Å². The summed E-state index contributed by atoms with van der Waals surface area (Å²) in [5, 5.41) is 5.05. The molecule has 2 heterocycles. The van der Waals surface area contributed by atoms with Crippen molar-refractivity contribution >= 4 is 34.7 Å². The van der Waals surface area contributed by atoms with Gasteiger partial charge in [-0.05, 0) is 39.0 Å². The quantitative estimate of drug-likeness (QED) is 0.740. The highest BCUT2D eigenvalue weighted by molar-refractivity contribution is 7.12. The summed E-state index contributed by atoms with van der Waals surface area (Å²) >= 11 is 1.23. The number of nitrogens with zero attached hydrogens (tertiary/aromatic N) is 3. The van der Waals surface area contributed by atoms with Crippen LogP contribution in [0.25, 0.3) is 6.08 Å². The molecule has 1 aliphatic rings. The first-order valence-electron chi connectivity index (χ1n) is 7.40. The van der Waals surface area contributed by atoms with Crippen LogP contribution in [0.4, 0.5) is 18.9 Å². The Labute approximate surface area is 146 Å². The number of alkyl halides is 3. The number of hydrazone groups is 1. The summed E-state index contributed by atoms with van der Waals surface area (Å²) < 4.78 is 40.1. The van der Waals surface area contributed by atoms with E-state index in [2.05, 4.69) is 10.1 Å². The summed E-state index contributed by atoms with van der Waals surface area (Å²) in [7, 11) is 0. The number of carbonyl (C=O) groups is 1. The highest BCUT2D eigenvalue weighted by Crippen LogP contribution is 2.33. The smallest absolute Gasteiger partial charge is 0.267 e. The maximum absolute atomic E-state index is 13.4. The van der Waals surface area contributed by atoms with Crippen molar-refractivity contribution in [1.82, 2.24) is 4.98 Å². The third kappa shape index (κ3) is 3.34. The molecular weight excluding hydrogens is 351 g/mol. The molecule has 0 spiro atoms. The van der Waals surface area contributed by atoms with Crippen LogP contribution in [0.3, 0.4) is 0 Å². The normalized spacial score (nSPS) is 16.7. The van der Waals surface area contributed by atoms with Gasteiger partial charge in [-0.25, -0.2) is 4.98 Å². The van der Waals surface area contributed by atoms with Crippen LogP contribution in [0.1, 0.15) is 21.1 Å². The van der Waals surface area contributed by atoms with E-state index in [4.69, 9.17) is 0 Å². The number of thiazole rings is 1. The monoisotopic (exact) mass is 365 g/mol. The molecule has 3 rings (SSSR count). The first-order valence-corrected chi connectivity index (χ1v) is 8.21. The van der Waals surface area contributed by atoms with Gasteiger partial charge in [0.15, 0.2) is 5.71 Å². The third-order valence-corrected chi connectivity index (χ3v) is 4.66. The van der Waals surface area contributed by atoms with Gasteiger partial charge in [0.25, 0.3) is 5.91 Å². The Balaban J connectivity index is 2.09. The molecule has 8 heteroatoms. The number of halogens is 3. The third-order valence-electron chi connectivity index (χ3n) is 3.64. The molecule has 0 radical (unpaired) electrons. The van der Waals surface area contributed by atoms with E-state index in [0.29, 0.717) is 10.6 Å². The summed E-state index contributed by atoms with van der Waals surface area (Å²) in [5.41, 5.74) is 0.140. The Morgan fingerprint density at radius 3 is 2.28 bits per heavy atom. The van der Waals surface area contributed by atoms with Crippen LogP contribution in [0.2, 0.25) is 0 Å². The molecule has 0 unspecified atom stereocenters. The van der Waals surface area contributed by atoms with Crippen molar-refractivity contribution in [1.29, 1.82) is 0 Å². The fourth-order valence-corrected chi connectivity index (χ4v) is 3.30. The van der Waals surface area contributed by atoms with Crippen molar-refractivity contribution < 1.29 is 18.0 Å². The van der Waals surface area contributed by atoms with Gasteiger partial charge >= 0.3 is 6.18 Å². The average molecular weight is 365 g/mol. The van der Waals surface area contributed by atoms with Crippen molar-refractivity contribution in [2.45, 2.75) is 26.9 Å². The van der Waals surface area contributed by atoms with E-state index in [1.807, 2.05) is 6.92 Å². The van der Waals surface area contributed by atoms with Crippen molar-refractivity contribution in [3.8, 4) is 0 Å². The minimum atomic E-state index is -4.73. The maximum Gasteiger partial charge on any atom is 0.435 e. The van der Waals surface area contributed by atoms with Gasteiger partial charge in [-0.1, -0.05) is 17.7 Å². The molecule has 130 valence electrons. The number of benzene rings is 1. The summed E-state index contributed by atoms with van der Waals surface area (Å²) in [6.45, 7) is 5.30. The number of anilines is 1. The number of aryl methyl sites for hydroxylation is 3. The van der Waals surface area contributed by atoms with Gasteiger partial charge in [-0.2, -0.15) is 23.3 Å². The lowest BCUT2D eigenvalue weighted by Gasteiger charge is -2.11. The highest BCUT2D eigenvalue weighted by Gasteiger charge is 2.46. The van der Waals surface area contributed by atoms with Crippen molar-refractivity contribution in [3.05, 3.63) is 51.0 Å². The number of rotatable bonds is 2. The lowest BCUT2D eigenvalue weighted by Crippen LogP contribution is -2.25. The average Bonchev–Trinajstić information content (AvgIpc) is 3.01. The van der Waals surface area contributed by atoms with Gasteiger partial charge in [0.1, 0.15) is 0 Å². The second-order valence-corrected chi connectivity index (χ2v) is 6.87. The zero-order chi connectivity index (χ0) is 18.4. The minimum Gasteiger partial charge on any atom is -0.267 e. The van der Waals surface area contributed by atoms with Gasteiger partial charge < -0.3 is 0 Å². The van der Waals surface area contributed by atoms with Gasteiger partial charge in [-0.15, -0.1) is 11.3 Å². The van der Waals surface area contributed by atoms with E-state index in [-0.39, 0.29) is 5.69 Å². The zero-order valence-electron chi connectivity index (χ0n) is 13.7. The molecule has 4 nitrogen and oxygen atoms in total. The molecule has 1 aliphatic heterocycles. The lowest BCUT2D eigenvalue weighted by atomic mass is 10.1. The predicted molar refractivity (Wildman–Crippen MR) is 91.7 cm³/mol. The largest absolute Gasteiger partial charge is 0.435 e. The van der Waals surface area contributed by atoms with Crippen molar-refractivity contribution in [2.24, 2.45) is 5.10 Å². The van der Waals surface area contributed by atoms with Gasteiger partial charge in [0, 0.05) is 0 Å². The second-order valence-electron chi connectivity index (χ2n) is 5.64. The minimum absolute atomic E-state index is 0.290. The van der Waals surface area contributed by atoms with Crippen molar-refractivity contribution in [3.63, 3.8) is 0 Å². The summed E-state index contributed by atoms with van der Waals surface area (Å²) in [6, 6.07) is 6.55. The topological polar surface area (TPSA) is 45.6 Å². The van der Waals surface area contributed by atoms with E-state index < -0.39 is 23.4 Å². The number of hydrogen-bond donors (Lipinski definition) is 0. The van der Waals surface area contributed by atoms with E-state index in [0.717, 1.165) is 15.6 Å². The molecule has 0 saturated heterocycles. The molecular formula is C17H14F3N3OS. The second kappa shape index (κ2) is 6.11. The fraction of sp³-hybridized carbons (Fsp3) is 0.235. The molecule has 0 saturated carbocycles. The molecule has 0 N–H and O–H groups in total. The molecule has 1 aromatic heterocycles. The Morgan fingerprint density at radius 1 is 1.12 bits per heavy atom. The number of amides is 1.